The van der Waals surface area contributed by atoms with Gasteiger partial charge in [0.15, 0.2) is 5.69 Å². The zero-order chi connectivity index (χ0) is 15.1. The number of nitrogens with zero attached hydrogens (tertiary/aromatic N) is 1. The van der Waals surface area contributed by atoms with Gasteiger partial charge in [0.2, 0.25) is 10.0 Å². The molecule has 2 rings (SSSR count). The lowest BCUT2D eigenvalue weighted by Crippen LogP contribution is -2.34. The molecular formula is C12H19N3O4S. The Morgan fingerprint density at radius 2 is 2.15 bits per heavy atom. The number of carboxylic acids is 1. The van der Waals surface area contributed by atoms with E-state index in [0.29, 0.717) is 0 Å². The molecule has 0 radical (unpaired) electrons. The van der Waals surface area contributed by atoms with Crippen molar-refractivity contribution in [3.63, 3.8) is 0 Å². The summed E-state index contributed by atoms with van der Waals surface area (Å²) in [7, 11) is -3.88. The predicted molar refractivity (Wildman–Crippen MR) is 72.0 cm³/mol. The van der Waals surface area contributed by atoms with E-state index in [0.717, 1.165) is 19.3 Å². The summed E-state index contributed by atoms with van der Waals surface area (Å²) in [5.41, 5.74) is -0.131. The molecule has 3 N–H and O–H groups in total. The Morgan fingerprint density at radius 1 is 1.50 bits per heavy atom. The summed E-state index contributed by atoms with van der Waals surface area (Å²) in [6.07, 6.45) is 2.44. The molecule has 0 aromatic carbocycles. The minimum absolute atomic E-state index is 0.105. The Kier molecular flexibility index (Phi) is 3.64. The van der Waals surface area contributed by atoms with E-state index in [4.69, 9.17) is 5.11 Å². The molecule has 1 aromatic rings. The lowest BCUT2D eigenvalue weighted by Gasteiger charge is -2.17. The topological polar surface area (TPSA) is 112 Å². The fourth-order valence-corrected chi connectivity index (χ4v) is 4.30. The maximum atomic E-state index is 12.4. The molecule has 1 heterocycles. The summed E-state index contributed by atoms with van der Waals surface area (Å²) in [6.45, 7) is 5.67. The number of H-pyrrole nitrogens is 1. The van der Waals surface area contributed by atoms with Gasteiger partial charge in [0.25, 0.3) is 0 Å². The molecule has 1 aliphatic rings. The van der Waals surface area contributed by atoms with Gasteiger partial charge < -0.3 is 5.11 Å². The lowest BCUT2D eigenvalue weighted by molar-refractivity contribution is 0.0686. The molecule has 1 fully saturated rings. The molecule has 7 nitrogen and oxygen atoms in total. The van der Waals surface area contributed by atoms with Crippen LogP contribution in [-0.4, -0.2) is 35.7 Å². The molecule has 1 aliphatic carbocycles. The van der Waals surface area contributed by atoms with Gasteiger partial charge in [-0.2, -0.15) is 5.10 Å². The molecule has 0 spiro atoms. The maximum absolute atomic E-state index is 12.4. The van der Waals surface area contributed by atoms with Crippen molar-refractivity contribution in [1.29, 1.82) is 0 Å². The van der Waals surface area contributed by atoms with E-state index in [-0.39, 0.29) is 22.0 Å². The van der Waals surface area contributed by atoms with E-state index in [1.54, 1.807) is 0 Å². The zero-order valence-electron chi connectivity index (χ0n) is 11.7. The Balaban J connectivity index is 2.28. The number of rotatable bonds is 4. The van der Waals surface area contributed by atoms with Gasteiger partial charge in [0.1, 0.15) is 4.90 Å². The van der Waals surface area contributed by atoms with Crippen LogP contribution in [0.4, 0.5) is 0 Å². The summed E-state index contributed by atoms with van der Waals surface area (Å²) < 4.78 is 27.3. The monoisotopic (exact) mass is 301 g/mol. The standard InChI is InChI=1S/C12H19N3O4S/c1-7-10(9(11(16)17)14-13-7)20(18,19)15-8-4-5-12(2,3)6-8/h8,15H,4-6H2,1-3H3,(H,13,14)(H,16,17). The number of carbonyl (C=O) groups is 1. The second kappa shape index (κ2) is 4.85. The van der Waals surface area contributed by atoms with Crippen LogP contribution in [0, 0.1) is 12.3 Å². The van der Waals surface area contributed by atoms with Gasteiger partial charge in [-0.3, -0.25) is 5.10 Å². The molecule has 0 aliphatic heterocycles. The number of aryl methyl sites for hydroxylation is 1. The summed E-state index contributed by atoms with van der Waals surface area (Å²) >= 11 is 0. The third-order valence-corrected chi connectivity index (χ3v) is 5.33. The summed E-state index contributed by atoms with van der Waals surface area (Å²) in [6, 6.07) is -0.161. The largest absolute Gasteiger partial charge is 0.476 e. The number of aromatic nitrogens is 2. The van der Waals surface area contributed by atoms with Gasteiger partial charge in [-0.05, 0) is 31.6 Å². The van der Waals surface area contributed by atoms with Crippen LogP contribution in [0.15, 0.2) is 4.90 Å². The highest BCUT2D eigenvalue weighted by molar-refractivity contribution is 7.89. The van der Waals surface area contributed by atoms with Crippen molar-refractivity contribution in [1.82, 2.24) is 14.9 Å². The average Bonchev–Trinajstić information content (AvgIpc) is 2.81. The highest BCUT2D eigenvalue weighted by atomic mass is 32.2. The molecule has 1 saturated carbocycles. The molecule has 112 valence electrons. The number of aromatic amines is 1. The fourth-order valence-electron chi connectivity index (χ4n) is 2.71. The SMILES string of the molecule is Cc1[nH]nc(C(=O)O)c1S(=O)(=O)NC1CCC(C)(C)C1. The van der Waals surface area contributed by atoms with E-state index >= 15 is 0 Å². The molecule has 1 unspecified atom stereocenters. The Morgan fingerprint density at radius 3 is 2.65 bits per heavy atom. The Bertz CT molecular complexity index is 633. The van der Waals surface area contributed by atoms with Crippen molar-refractivity contribution >= 4 is 16.0 Å². The van der Waals surface area contributed by atoms with Crippen LogP contribution in [0.2, 0.25) is 0 Å². The van der Waals surface area contributed by atoms with Crippen molar-refractivity contribution in [3.8, 4) is 0 Å². The van der Waals surface area contributed by atoms with Gasteiger partial charge in [0, 0.05) is 6.04 Å². The molecule has 0 saturated heterocycles. The zero-order valence-corrected chi connectivity index (χ0v) is 12.5. The third-order valence-electron chi connectivity index (χ3n) is 3.65. The lowest BCUT2D eigenvalue weighted by atomic mass is 9.92. The minimum atomic E-state index is -3.88. The van der Waals surface area contributed by atoms with Crippen LogP contribution in [-0.2, 0) is 10.0 Å². The number of carboxylic acid groups (broad SMARTS) is 1. The summed E-state index contributed by atoms with van der Waals surface area (Å²) in [5, 5.41) is 15.0. The van der Waals surface area contributed by atoms with Gasteiger partial charge in [-0.1, -0.05) is 13.8 Å². The van der Waals surface area contributed by atoms with Gasteiger partial charge in [-0.15, -0.1) is 0 Å². The summed E-state index contributed by atoms with van der Waals surface area (Å²) in [4.78, 5) is 10.8. The molecule has 8 heteroatoms. The van der Waals surface area contributed by atoms with Crippen molar-refractivity contribution in [2.45, 2.75) is 51.0 Å². The van der Waals surface area contributed by atoms with Crippen LogP contribution in [0.1, 0.15) is 49.3 Å². The number of nitrogens with one attached hydrogen (secondary N) is 2. The average molecular weight is 301 g/mol. The first-order valence-corrected chi connectivity index (χ1v) is 7.91. The van der Waals surface area contributed by atoms with Crippen LogP contribution < -0.4 is 4.72 Å². The van der Waals surface area contributed by atoms with Crippen molar-refractivity contribution in [2.24, 2.45) is 5.41 Å². The van der Waals surface area contributed by atoms with E-state index < -0.39 is 21.7 Å². The highest BCUT2D eigenvalue weighted by Crippen LogP contribution is 2.37. The van der Waals surface area contributed by atoms with Crippen LogP contribution in [0.25, 0.3) is 0 Å². The maximum Gasteiger partial charge on any atom is 0.357 e. The quantitative estimate of drug-likeness (QED) is 0.775. The van der Waals surface area contributed by atoms with E-state index in [2.05, 4.69) is 28.8 Å². The second-order valence-electron chi connectivity index (χ2n) is 6.06. The van der Waals surface area contributed by atoms with Gasteiger partial charge >= 0.3 is 5.97 Å². The third kappa shape index (κ3) is 2.85. The predicted octanol–water partition coefficient (Wildman–Crippen LogP) is 1.27. The van der Waals surface area contributed by atoms with E-state index in [1.807, 2.05) is 0 Å². The van der Waals surface area contributed by atoms with Crippen molar-refractivity contribution in [3.05, 3.63) is 11.4 Å². The number of hydrogen-bond donors (Lipinski definition) is 3. The Labute approximate surface area is 117 Å². The first-order chi connectivity index (χ1) is 9.12. The normalized spacial score (nSPS) is 22.1. The molecule has 0 amide bonds. The number of hydrogen-bond acceptors (Lipinski definition) is 4. The summed E-state index contributed by atoms with van der Waals surface area (Å²) in [5.74, 6) is -1.36. The Hall–Kier alpha value is -1.41. The first-order valence-electron chi connectivity index (χ1n) is 6.43. The van der Waals surface area contributed by atoms with Crippen LogP contribution in [0.5, 0.6) is 0 Å². The molecular weight excluding hydrogens is 282 g/mol. The van der Waals surface area contributed by atoms with Crippen LogP contribution >= 0.6 is 0 Å². The molecule has 0 bridgehead atoms. The van der Waals surface area contributed by atoms with Gasteiger partial charge in [-0.25, -0.2) is 17.9 Å². The molecule has 1 atom stereocenters. The smallest absolute Gasteiger partial charge is 0.357 e. The van der Waals surface area contributed by atoms with Crippen LogP contribution in [0.3, 0.4) is 0 Å². The molecule has 1 aromatic heterocycles. The van der Waals surface area contributed by atoms with Gasteiger partial charge in [0.05, 0.1) is 5.69 Å². The minimum Gasteiger partial charge on any atom is -0.476 e. The number of aromatic carboxylic acids is 1. The second-order valence-corrected chi connectivity index (χ2v) is 7.71. The van der Waals surface area contributed by atoms with Crippen molar-refractivity contribution < 1.29 is 18.3 Å². The highest BCUT2D eigenvalue weighted by Gasteiger charge is 2.36. The van der Waals surface area contributed by atoms with Crippen molar-refractivity contribution in [2.75, 3.05) is 0 Å². The first kappa shape index (κ1) is 15.0. The van der Waals surface area contributed by atoms with E-state index in [1.165, 1.54) is 6.92 Å². The number of sulfonamides is 1. The van der Waals surface area contributed by atoms with E-state index in [9.17, 15) is 13.2 Å². The molecule has 20 heavy (non-hydrogen) atoms. The fraction of sp³-hybridized carbons (Fsp3) is 0.667.